The molecule has 0 saturated carbocycles. The smallest absolute Gasteiger partial charge is 0.322 e. The van der Waals surface area contributed by atoms with Crippen molar-refractivity contribution >= 4 is 40.7 Å². The molecule has 6 rings (SSSR count). The quantitative estimate of drug-likeness (QED) is 0.431. The fourth-order valence-electron chi connectivity index (χ4n) is 4.03. The summed E-state index contributed by atoms with van der Waals surface area (Å²) in [5, 5.41) is 4.60. The van der Waals surface area contributed by atoms with Crippen molar-refractivity contribution in [2.24, 2.45) is 0 Å². The second-order valence-electron chi connectivity index (χ2n) is 8.17. The van der Waals surface area contributed by atoms with Gasteiger partial charge in [-0.15, -0.1) is 0 Å². The number of anilines is 1. The van der Waals surface area contributed by atoms with Gasteiger partial charge in [-0.25, -0.2) is 14.2 Å². The number of benzene rings is 1. The molecule has 0 spiro atoms. The summed E-state index contributed by atoms with van der Waals surface area (Å²) in [4.78, 5) is 53.1. The molecule has 1 atom stereocenters. The molecule has 180 valence electrons. The predicted molar refractivity (Wildman–Crippen MR) is 119 cm³/mol. The van der Waals surface area contributed by atoms with Crippen molar-refractivity contribution in [3.8, 4) is 5.75 Å². The Kier molecular flexibility index (Phi) is 5.35. The molecule has 2 fully saturated rings. The number of carbonyl (C=O) groups excluding carboxylic acids is 4. The Balaban J connectivity index is 0.000000158. The number of nitrogens with zero attached hydrogens (tertiary/aromatic N) is 3. The van der Waals surface area contributed by atoms with Gasteiger partial charge in [0, 0.05) is 32.6 Å². The van der Waals surface area contributed by atoms with E-state index in [-0.39, 0.29) is 23.1 Å². The third kappa shape index (κ3) is 3.82. The predicted octanol–water partition coefficient (Wildman–Crippen LogP) is 1.86. The second kappa shape index (κ2) is 8.38. The Morgan fingerprint density at radius 3 is 2.60 bits per heavy atom. The Morgan fingerprint density at radius 2 is 1.97 bits per heavy atom. The maximum atomic E-state index is 13.6. The summed E-state index contributed by atoms with van der Waals surface area (Å²) in [7, 11) is 3.03. The van der Waals surface area contributed by atoms with Crippen LogP contribution in [-0.4, -0.2) is 54.3 Å². The Labute approximate surface area is 197 Å². The van der Waals surface area contributed by atoms with Crippen LogP contribution < -0.4 is 20.3 Å². The van der Waals surface area contributed by atoms with Crippen molar-refractivity contribution in [1.29, 1.82) is 0 Å². The third-order valence-corrected chi connectivity index (χ3v) is 5.94. The van der Waals surface area contributed by atoms with E-state index >= 15 is 0 Å². The molecule has 5 heterocycles. The number of furan rings is 1. The fraction of sp³-hybridized carbons (Fsp3) is 0.261. The Morgan fingerprint density at radius 1 is 1.17 bits per heavy atom. The van der Waals surface area contributed by atoms with Crippen LogP contribution in [0.4, 0.5) is 15.0 Å². The van der Waals surface area contributed by atoms with Crippen molar-refractivity contribution < 1.29 is 32.7 Å². The highest BCUT2D eigenvalue weighted by molar-refractivity contribution is 6.04. The van der Waals surface area contributed by atoms with Crippen LogP contribution in [0.5, 0.6) is 5.75 Å². The number of methoxy groups -OCH3 is 1. The summed E-state index contributed by atoms with van der Waals surface area (Å²) in [6.07, 6.45) is 0.532. The van der Waals surface area contributed by atoms with Crippen LogP contribution in [0.3, 0.4) is 0 Å². The molecule has 3 aliphatic heterocycles. The van der Waals surface area contributed by atoms with Crippen LogP contribution in [-0.2, 0) is 16.1 Å². The molecule has 2 aromatic heterocycles. The van der Waals surface area contributed by atoms with E-state index < -0.39 is 23.8 Å². The standard InChI is InChI=1S/C13H10N4O4.C10H10FNO2/c18-10-3-4-17(10)9-2-1-7-6(14-9)5-8(21-7)11-12(19)16-13(20)15-11;1-12-5-6-3-4-7(14-2)9(11)8(6)10(12)13/h1-2,5,11H,3-4H2,(H2,15,16,19,20);3-4H,5H2,1-2H3. The highest BCUT2D eigenvalue weighted by Crippen LogP contribution is 2.30. The van der Waals surface area contributed by atoms with Gasteiger partial charge in [-0.05, 0) is 23.8 Å². The van der Waals surface area contributed by atoms with E-state index in [0.717, 1.165) is 5.56 Å². The number of hydrogen-bond donors (Lipinski definition) is 2. The lowest BCUT2D eigenvalue weighted by Gasteiger charge is -2.29. The summed E-state index contributed by atoms with van der Waals surface area (Å²) in [6.45, 7) is 1.12. The number of pyridine rings is 1. The van der Waals surface area contributed by atoms with Crippen molar-refractivity contribution in [2.75, 3.05) is 25.6 Å². The number of amides is 5. The van der Waals surface area contributed by atoms with E-state index in [1.54, 1.807) is 42.3 Å². The molecule has 0 radical (unpaired) electrons. The van der Waals surface area contributed by atoms with Gasteiger partial charge >= 0.3 is 6.03 Å². The lowest BCUT2D eigenvalue weighted by molar-refractivity contribution is -0.122. The molecule has 2 saturated heterocycles. The molecule has 35 heavy (non-hydrogen) atoms. The monoisotopic (exact) mass is 481 g/mol. The van der Waals surface area contributed by atoms with Gasteiger partial charge in [-0.2, -0.15) is 0 Å². The van der Waals surface area contributed by atoms with Gasteiger partial charge in [0.05, 0.1) is 12.7 Å². The van der Waals surface area contributed by atoms with Gasteiger partial charge in [-0.3, -0.25) is 24.6 Å². The van der Waals surface area contributed by atoms with Gasteiger partial charge < -0.3 is 19.4 Å². The molecule has 5 amide bonds. The van der Waals surface area contributed by atoms with Crippen LogP contribution in [0.1, 0.15) is 34.1 Å². The number of rotatable bonds is 3. The maximum Gasteiger partial charge on any atom is 0.322 e. The largest absolute Gasteiger partial charge is 0.494 e. The second-order valence-corrected chi connectivity index (χ2v) is 8.17. The van der Waals surface area contributed by atoms with E-state index in [2.05, 4.69) is 15.6 Å². The fourth-order valence-corrected chi connectivity index (χ4v) is 4.03. The van der Waals surface area contributed by atoms with Crippen molar-refractivity contribution in [3.63, 3.8) is 0 Å². The number of carbonyl (C=O) groups is 4. The summed E-state index contributed by atoms with van der Waals surface area (Å²) < 4.78 is 24.0. The van der Waals surface area contributed by atoms with Crippen molar-refractivity contribution in [1.82, 2.24) is 20.5 Å². The van der Waals surface area contributed by atoms with Gasteiger partial charge in [0.1, 0.15) is 17.1 Å². The van der Waals surface area contributed by atoms with E-state index in [9.17, 15) is 23.6 Å². The first-order chi connectivity index (χ1) is 16.8. The molecule has 0 bridgehead atoms. The van der Waals surface area contributed by atoms with Gasteiger partial charge in [0.25, 0.3) is 11.8 Å². The van der Waals surface area contributed by atoms with E-state index in [0.29, 0.717) is 42.2 Å². The molecule has 12 heteroatoms. The third-order valence-electron chi connectivity index (χ3n) is 5.94. The van der Waals surface area contributed by atoms with Crippen LogP contribution in [0.15, 0.2) is 34.7 Å². The van der Waals surface area contributed by atoms with Gasteiger partial charge in [0.2, 0.25) is 5.91 Å². The van der Waals surface area contributed by atoms with Crippen molar-refractivity contribution in [2.45, 2.75) is 19.0 Å². The van der Waals surface area contributed by atoms with Crippen LogP contribution in [0.25, 0.3) is 11.1 Å². The number of nitrogens with one attached hydrogen (secondary N) is 2. The minimum atomic E-state index is -0.846. The lowest BCUT2D eigenvalue weighted by Crippen LogP contribution is -2.43. The number of imide groups is 1. The summed E-state index contributed by atoms with van der Waals surface area (Å²) in [5.41, 5.74) is 1.90. The molecule has 11 nitrogen and oxygen atoms in total. The van der Waals surface area contributed by atoms with Crippen molar-refractivity contribution in [3.05, 3.63) is 53.0 Å². The zero-order valence-corrected chi connectivity index (χ0v) is 18.8. The maximum absolute atomic E-state index is 13.6. The zero-order valence-electron chi connectivity index (χ0n) is 18.8. The molecule has 3 aliphatic rings. The average molecular weight is 481 g/mol. The number of halogens is 1. The highest BCUT2D eigenvalue weighted by Gasteiger charge is 2.34. The Hall–Kier alpha value is -4.48. The highest BCUT2D eigenvalue weighted by atomic mass is 19.1. The summed E-state index contributed by atoms with van der Waals surface area (Å²) in [5.74, 6) is -0.271. The van der Waals surface area contributed by atoms with E-state index in [1.807, 2.05) is 0 Å². The normalized spacial score (nSPS) is 18.7. The number of hydrogen-bond acceptors (Lipinski definition) is 7. The average Bonchev–Trinajstić information content (AvgIpc) is 3.48. The topological polar surface area (TPSA) is 134 Å². The minimum absolute atomic E-state index is 0.0352. The van der Waals surface area contributed by atoms with Crippen LogP contribution in [0, 0.1) is 5.82 Å². The summed E-state index contributed by atoms with van der Waals surface area (Å²) in [6, 6.07) is 6.85. The first kappa shape index (κ1) is 22.3. The molecule has 2 N–H and O–H groups in total. The first-order valence-corrected chi connectivity index (χ1v) is 10.7. The number of β-lactam (4-membered cyclic amide) rings is 1. The first-order valence-electron chi connectivity index (χ1n) is 10.7. The molecular weight excluding hydrogens is 461 g/mol. The minimum Gasteiger partial charge on any atom is -0.494 e. The number of urea groups is 1. The molecule has 0 aliphatic carbocycles. The SMILES string of the molecule is COc1ccc2c(c1F)C(=O)N(C)C2.O=C1NC(=O)C(c2cc3nc(N4CCC4=O)ccc3o2)N1. The lowest BCUT2D eigenvalue weighted by atomic mass is 10.1. The number of aromatic nitrogens is 1. The van der Waals surface area contributed by atoms with Crippen LogP contribution >= 0.6 is 0 Å². The number of ether oxygens (including phenoxy) is 1. The van der Waals surface area contributed by atoms with Gasteiger partial charge in [-0.1, -0.05) is 6.07 Å². The molecule has 3 aromatic rings. The van der Waals surface area contributed by atoms with E-state index in [4.69, 9.17) is 9.15 Å². The zero-order chi connectivity index (χ0) is 24.9. The van der Waals surface area contributed by atoms with Gasteiger partial charge in [0.15, 0.2) is 23.2 Å². The Bertz CT molecular complexity index is 1400. The van der Waals surface area contributed by atoms with Crippen LogP contribution in [0.2, 0.25) is 0 Å². The molecule has 1 aromatic carbocycles. The molecular formula is C23H20FN5O6. The summed E-state index contributed by atoms with van der Waals surface area (Å²) >= 11 is 0. The number of fused-ring (bicyclic) bond motifs is 2. The molecule has 1 unspecified atom stereocenters. The van der Waals surface area contributed by atoms with E-state index in [1.165, 1.54) is 12.0 Å².